The lowest BCUT2D eigenvalue weighted by molar-refractivity contribution is -0.159. The van der Waals surface area contributed by atoms with E-state index in [4.69, 9.17) is 9.72 Å². The summed E-state index contributed by atoms with van der Waals surface area (Å²) in [5.41, 5.74) is 4.22. The maximum atomic E-state index is 13.5. The summed E-state index contributed by atoms with van der Waals surface area (Å²) in [6.07, 6.45) is 3.29. The molecular formula is C30H40N2O2. The molecule has 0 saturated heterocycles. The maximum Gasteiger partial charge on any atom is 0.329 e. The second-order valence-electron chi connectivity index (χ2n) is 11.6. The monoisotopic (exact) mass is 460 g/mol. The highest BCUT2D eigenvalue weighted by Gasteiger charge is 2.35. The summed E-state index contributed by atoms with van der Waals surface area (Å²) in [4.78, 5) is 18.5. The quantitative estimate of drug-likeness (QED) is 0.369. The standard InChI is InChI=1S/C30H40N2O2/c1-19(2)24-17-12-20(3)18-27(24)34-29(33)21(4)32-26-11-9-8-10-25(26)31-28(32)22-13-15-23(16-14-22)30(5,6)7/h8-11,13-16,19-21,24,27H,12,17-18H2,1-7H3. The topological polar surface area (TPSA) is 44.1 Å². The Morgan fingerprint density at radius 3 is 2.35 bits per heavy atom. The number of nitrogens with zero attached hydrogens (tertiary/aromatic N) is 2. The third-order valence-corrected chi connectivity index (χ3v) is 7.56. The molecule has 2 aromatic carbocycles. The Hall–Kier alpha value is -2.62. The Kier molecular flexibility index (Phi) is 6.89. The number of fused-ring (bicyclic) bond motifs is 1. The molecule has 1 aliphatic carbocycles. The van der Waals surface area contributed by atoms with Gasteiger partial charge in [-0.15, -0.1) is 0 Å². The van der Waals surface area contributed by atoms with E-state index < -0.39 is 6.04 Å². The van der Waals surface area contributed by atoms with E-state index >= 15 is 0 Å². The van der Waals surface area contributed by atoms with Crippen LogP contribution in [0.1, 0.15) is 79.3 Å². The first-order chi connectivity index (χ1) is 16.1. The van der Waals surface area contributed by atoms with Gasteiger partial charge in [0.1, 0.15) is 18.0 Å². The second kappa shape index (κ2) is 9.56. The molecule has 0 spiro atoms. The molecule has 4 heteroatoms. The van der Waals surface area contributed by atoms with Crippen molar-refractivity contribution in [2.45, 2.75) is 85.3 Å². The minimum atomic E-state index is -0.463. The molecule has 1 heterocycles. The lowest BCUT2D eigenvalue weighted by Crippen LogP contribution is -2.37. The van der Waals surface area contributed by atoms with Gasteiger partial charge in [-0.05, 0) is 60.6 Å². The van der Waals surface area contributed by atoms with E-state index in [9.17, 15) is 4.79 Å². The zero-order valence-corrected chi connectivity index (χ0v) is 21.8. The number of ether oxygens (including phenoxy) is 1. The molecular weight excluding hydrogens is 420 g/mol. The molecule has 0 radical (unpaired) electrons. The summed E-state index contributed by atoms with van der Waals surface area (Å²) < 4.78 is 8.29. The molecule has 1 saturated carbocycles. The van der Waals surface area contributed by atoms with Crippen molar-refractivity contribution in [2.75, 3.05) is 0 Å². The lowest BCUT2D eigenvalue weighted by Gasteiger charge is -2.37. The summed E-state index contributed by atoms with van der Waals surface area (Å²) in [6.45, 7) is 15.3. The van der Waals surface area contributed by atoms with Crippen LogP contribution in [0.4, 0.5) is 0 Å². The van der Waals surface area contributed by atoms with E-state index in [-0.39, 0.29) is 17.5 Å². The maximum absolute atomic E-state index is 13.5. The minimum Gasteiger partial charge on any atom is -0.461 e. The van der Waals surface area contributed by atoms with Crippen LogP contribution in [0.15, 0.2) is 48.5 Å². The average molecular weight is 461 g/mol. The second-order valence-corrected chi connectivity index (χ2v) is 11.6. The van der Waals surface area contributed by atoms with Crippen LogP contribution in [0.2, 0.25) is 0 Å². The van der Waals surface area contributed by atoms with E-state index in [1.807, 2.05) is 31.2 Å². The van der Waals surface area contributed by atoms with Gasteiger partial charge >= 0.3 is 5.97 Å². The van der Waals surface area contributed by atoms with E-state index in [1.54, 1.807) is 0 Å². The summed E-state index contributed by atoms with van der Waals surface area (Å²) in [7, 11) is 0. The molecule has 0 N–H and O–H groups in total. The Labute approximate surface area is 204 Å². The van der Waals surface area contributed by atoms with Crippen LogP contribution >= 0.6 is 0 Å². The van der Waals surface area contributed by atoms with Crippen molar-refractivity contribution in [3.8, 4) is 11.4 Å². The number of hydrogen-bond donors (Lipinski definition) is 0. The van der Waals surface area contributed by atoms with Crippen LogP contribution in [0, 0.1) is 17.8 Å². The predicted octanol–water partition coefficient (Wildman–Crippen LogP) is 7.57. The van der Waals surface area contributed by atoms with Crippen LogP contribution in [-0.4, -0.2) is 21.6 Å². The molecule has 0 aliphatic heterocycles. The van der Waals surface area contributed by atoms with Crippen molar-refractivity contribution < 1.29 is 9.53 Å². The molecule has 4 rings (SSSR count). The fourth-order valence-electron chi connectivity index (χ4n) is 5.36. The highest BCUT2D eigenvalue weighted by atomic mass is 16.5. The molecule has 0 bridgehead atoms. The van der Waals surface area contributed by atoms with Gasteiger partial charge in [0, 0.05) is 5.56 Å². The van der Waals surface area contributed by atoms with E-state index in [0.29, 0.717) is 17.8 Å². The van der Waals surface area contributed by atoms with Crippen molar-refractivity contribution in [3.05, 3.63) is 54.1 Å². The summed E-state index contributed by atoms with van der Waals surface area (Å²) in [6, 6.07) is 16.1. The van der Waals surface area contributed by atoms with Crippen molar-refractivity contribution in [1.82, 2.24) is 9.55 Å². The number of aromatic nitrogens is 2. The molecule has 4 atom stereocenters. The molecule has 4 unspecified atom stereocenters. The fourth-order valence-corrected chi connectivity index (χ4v) is 5.36. The highest BCUT2D eigenvalue weighted by molar-refractivity contribution is 5.85. The Bertz CT molecular complexity index is 1140. The Morgan fingerprint density at radius 1 is 1.03 bits per heavy atom. The third kappa shape index (κ3) is 4.92. The first-order valence-corrected chi connectivity index (χ1v) is 12.8. The van der Waals surface area contributed by atoms with Gasteiger partial charge < -0.3 is 9.30 Å². The van der Waals surface area contributed by atoms with Gasteiger partial charge in [-0.25, -0.2) is 9.78 Å². The number of esters is 1. The minimum absolute atomic E-state index is 0.0111. The van der Waals surface area contributed by atoms with Gasteiger partial charge in [0.2, 0.25) is 0 Å². The fraction of sp³-hybridized carbons (Fsp3) is 0.533. The van der Waals surface area contributed by atoms with Gasteiger partial charge in [-0.1, -0.05) is 84.4 Å². The van der Waals surface area contributed by atoms with Crippen LogP contribution in [0.25, 0.3) is 22.4 Å². The predicted molar refractivity (Wildman–Crippen MR) is 140 cm³/mol. The van der Waals surface area contributed by atoms with Crippen molar-refractivity contribution >= 4 is 17.0 Å². The number of para-hydroxylation sites is 2. The highest BCUT2D eigenvalue weighted by Crippen LogP contribution is 2.37. The Balaban J connectivity index is 1.68. The van der Waals surface area contributed by atoms with Crippen LogP contribution in [0.5, 0.6) is 0 Å². The van der Waals surface area contributed by atoms with Crippen LogP contribution < -0.4 is 0 Å². The van der Waals surface area contributed by atoms with Crippen molar-refractivity contribution in [1.29, 1.82) is 0 Å². The number of hydrogen-bond acceptors (Lipinski definition) is 3. The number of carbonyl (C=O) groups is 1. The van der Waals surface area contributed by atoms with Gasteiger partial charge in [-0.3, -0.25) is 0 Å². The van der Waals surface area contributed by atoms with Gasteiger partial charge in [-0.2, -0.15) is 0 Å². The van der Waals surface area contributed by atoms with Gasteiger partial charge in [0.15, 0.2) is 0 Å². The van der Waals surface area contributed by atoms with Gasteiger partial charge in [0.25, 0.3) is 0 Å². The molecule has 3 aromatic rings. The zero-order valence-electron chi connectivity index (χ0n) is 21.8. The smallest absolute Gasteiger partial charge is 0.329 e. The summed E-state index contributed by atoms with van der Waals surface area (Å²) in [5.74, 6) is 2.17. The average Bonchev–Trinajstić information content (AvgIpc) is 3.17. The SMILES string of the molecule is CC1CCC(C(C)C)C(OC(=O)C(C)n2c(-c3ccc(C(C)(C)C)cc3)nc3ccccc32)C1. The molecule has 0 amide bonds. The first-order valence-electron chi connectivity index (χ1n) is 12.8. The number of carbonyl (C=O) groups excluding carboxylic acids is 1. The molecule has 4 nitrogen and oxygen atoms in total. The first kappa shape index (κ1) is 24.5. The molecule has 1 aromatic heterocycles. The van der Waals surface area contributed by atoms with Crippen molar-refractivity contribution in [3.63, 3.8) is 0 Å². The van der Waals surface area contributed by atoms with Gasteiger partial charge in [0.05, 0.1) is 11.0 Å². The zero-order chi connectivity index (χ0) is 24.6. The van der Waals surface area contributed by atoms with E-state index in [2.05, 4.69) is 70.4 Å². The lowest BCUT2D eigenvalue weighted by atomic mass is 9.75. The number of benzene rings is 2. The summed E-state index contributed by atoms with van der Waals surface area (Å²) in [5, 5.41) is 0. The van der Waals surface area contributed by atoms with E-state index in [0.717, 1.165) is 35.3 Å². The largest absolute Gasteiger partial charge is 0.461 e. The van der Waals surface area contributed by atoms with Crippen LogP contribution in [-0.2, 0) is 14.9 Å². The molecule has 1 aliphatic rings. The molecule has 1 fully saturated rings. The summed E-state index contributed by atoms with van der Waals surface area (Å²) >= 11 is 0. The number of imidazole rings is 1. The normalized spacial score (nSPS) is 22.2. The molecule has 34 heavy (non-hydrogen) atoms. The molecule has 182 valence electrons. The van der Waals surface area contributed by atoms with Crippen LogP contribution in [0.3, 0.4) is 0 Å². The third-order valence-electron chi connectivity index (χ3n) is 7.56. The van der Waals surface area contributed by atoms with Crippen molar-refractivity contribution in [2.24, 2.45) is 17.8 Å². The number of rotatable bonds is 5. The Morgan fingerprint density at radius 2 is 1.71 bits per heavy atom. The van der Waals surface area contributed by atoms with E-state index in [1.165, 1.54) is 12.0 Å².